The third-order valence-electron chi connectivity index (χ3n) is 2.37. The van der Waals surface area contributed by atoms with Crippen molar-refractivity contribution in [1.29, 1.82) is 0 Å². The highest BCUT2D eigenvalue weighted by Crippen LogP contribution is 2.03. The Labute approximate surface area is 104 Å². The third-order valence-corrected chi connectivity index (χ3v) is 2.37. The van der Waals surface area contributed by atoms with Gasteiger partial charge in [-0.2, -0.15) is 0 Å². The summed E-state index contributed by atoms with van der Waals surface area (Å²) in [6.45, 7) is 0.494. The summed E-state index contributed by atoms with van der Waals surface area (Å²) in [4.78, 5) is 15.8. The molecule has 2 heterocycles. The van der Waals surface area contributed by atoms with E-state index >= 15 is 0 Å². The highest BCUT2D eigenvalue weighted by Gasteiger charge is 2.07. The van der Waals surface area contributed by atoms with E-state index in [-0.39, 0.29) is 5.91 Å². The van der Waals surface area contributed by atoms with Gasteiger partial charge in [0.2, 0.25) is 0 Å². The number of nitrogens with two attached hydrogens (primary N) is 1. The molecule has 0 radical (unpaired) electrons. The number of carbonyl (C=O) groups excluding carboxylic acids is 1. The van der Waals surface area contributed by atoms with Gasteiger partial charge >= 0.3 is 0 Å². The second-order valence-electron chi connectivity index (χ2n) is 3.64. The largest absolute Gasteiger partial charge is 0.469 e. The molecule has 0 bridgehead atoms. The van der Waals surface area contributed by atoms with Crippen molar-refractivity contribution in [1.82, 2.24) is 10.3 Å². The molecule has 2 rings (SSSR count). The first-order valence-corrected chi connectivity index (χ1v) is 5.54. The summed E-state index contributed by atoms with van der Waals surface area (Å²) in [7, 11) is 0. The Bertz CT molecular complexity index is 511. The van der Waals surface area contributed by atoms with E-state index in [4.69, 9.17) is 10.3 Å². The number of nitrogens with zero attached hydrogens (tertiary/aromatic N) is 1. The number of hydrogen-bond acceptors (Lipinski definition) is 5. The Hall–Kier alpha value is -2.34. The van der Waals surface area contributed by atoms with E-state index in [9.17, 15) is 4.79 Å². The zero-order chi connectivity index (χ0) is 12.8. The number of nitrogens with one attached hydrogen (secondary N) is 2. The summed E-state index contributed by atoms with van der Waals surface area (Å²) in [6.07, 6.45) is 2.25. The van der Waals surface area contributed by atoms with Gasteiger partial charge < -0.3 is 15.2 Å². The van der Waals surface area contributed by atoms with Crippen LogP contribution in [-0.2, 0) is 6.42 Å². The summed E-state index contributed by atoms with van der Waals surface area (Å²) < 4.78 is 5.16. The molecule has 0 aliphatic rings. The molecule has 18 heavy (non-hydrogen) atoms. The molecule has 6 nitrogen and oxygen atoms in total. The van der Waals surface area contributed by atoms with E-state index in [2.05, 4.69) is 15.7 Å². The fourth-order valence-corrected chi connectivity index (χ4v) is 1.49. The molecule has 0 aromatic carbocycles. The highest BCUT2D eigenvalue weighted by molar-refractivity contribution is 5.92. The molecule has 0 aliphatic carbocycles. The van der Waals surface area contributed by atoms with Crippen LogP contribution < -0.4 is 16.6 Å². The maximum Gasteiger partial charge on any atom is 0.269 e. The van der Waals surface area contributed by atoms with Crippen LogP contribution in [0.25, 0.3) is 0 Å². The molecular weight excluding hydrogens is 232 g/mol. The minimum atomic E-state index is -0.237. The molecule has 1 amide bonds. The molecule has 0 aliphatic heterocycles. The smallest absolute Gasteiger partial charge is 0.269 e. The topological polar surface area (TPSA) is 93.2 Å². The number of pyridine rings is 1. The van der Waals surface area contributed by atoms with E-state index in [1.807, 2.05) is 12.1 Å². The quantitative estimate of drug-likeness (QED) is 0.539. The van der Waals surface area contributed by atoms with Crippen molar-refractivity contribution in [3.8, 4) is 0 Å². The number of hydrazine groups is 1. The Morgan fingerprint density at radius 3 is 2.94 bits per heavy atom. The molecule has 0 unspecified atom stereocenters. The van der Waals surface area contributed by atoms with Gasteiger partial charge in [0.25, 0.3) is 5.91 Å². The minimum Gasteiger partial charge on any atom is -0.469 e. The molecule has 94 valence electrons. The van der Waals surface area contributed by atoms with Crippen LogP contribution in [0.2, 0.25) is 0 Å². The van der Waals surface area contributed by atoms with Gasteiger partial charge in [-0.15, -0.1) is 0 Å². The van der Waals surface area contributed by atoms with Crippen LogP contribution in [0.1, 0.15) is 16.2 Å². The van der Waals surface area contributed by atoms with Crippen molar-refractivity contribution in [2.75, 3.05) is 12.0 Å². The molecule has 0 saturated heterocycles. The van der Waals surface area contributed by atoms with Gasteiger partial charge in [0.15, 0.2) is 0 Å². The van der Waals surface area contributed by atoms with Crippen LogP contribution in [0.15, 0.2) is 41.0 Å². The predicted molar refractivity (Wildman–Crippen MR) is 66.8 cm³/mol. The zero-order valence-electron chi connectivity index (χ0n) is 9.72. The fourth-order valence-electron chi connectivity index (χ4n) is 1.49. The van der Waals surface area contributed by atoms with Crippen LogP contribution in [-0.4, -0.2) is 17.4 Å². The number of amides is 1. The van der Waals surface area contributed by atoms with Gasteiger partial charge in [0.1, 0.15) is 17.3 Å². The van der Waals surface area contributed by atoms with Crippen LogP contribution >= 0.6 is 0 Å². The minimum absolute atomic E-state index is 0.237. The SMILES string of the molecule is NNc1cccc(C(=O)NCCc2ccco2)n1. The van der Waals surface area contributed by atoms with Crippen molar-refractivity contribution >= 4 is 11.7 Å². The summed E-state index contributed by atoms with van der Waals surface area (Å²) >= 11 is 0. The average Bonchev–Trinajstić information content (AvgIpc) is 2.92. The molecule has 0 atom stereocenters. The van der Waals surface area contributed by atoms with E-state index in [0.717, 1.165) is 5.76 Å². The summed E-state index contributed by atoms with van der Waals surface area (Å²) in [5.41, 5.74) is 2.72. The number of aromatic nitrogens is 1. The van der Waals surface area contributed by atoms with E-state index in [0.29, 0.717) is 24.5 Å². The lowest BCUT2D eigenvalue weighted by molar-refractivity contribution is 0.0949. The van der Waals surface area contributed by atoms with Crippen molar-refractivity contribution in [3.63, 3.8) is 0 Å². The maximum absolute atomic E-state index is 11.8. The van der Waals surface area contributed by atoms with E-state index < -0.39 is 0 Å². The lowest BCUT2D eigenvalue weighted by Crippen LogP contribution is -2.26. The highest BCUT2D eigenvalue weighted by atomic mass is 16.3. The summed E-state index contributed by atoms with van der Waals surface area (Å²) in [6, 6.07) is 8.70. The molecule has 2 aromatic rings. The summed E-state index contributed by atoms with van der Waals surface area (Å²) in [5, 5.41) is 2.76. The Kier molecular flexibility index (Phi) is 3.93. The fraction of sp³-hybridized carbons (Fsp3) is 0.167. The number of carbonyl (C=O) groups is 1. The van der Waals surface area contributed by atoms with Gasteiger partial charge in [-0.05, 0) is 24.3 Å². The molecule has 4 N–H and O–H groups in total. The number of anilines is 1. The average molecular weight is 246 g/mol. The monoisotopic (exact) mass is 246 g/mol. The van der Waals surface area contributed by atoms with Crippen LogP contribution in [0.3, 0.4) is 0 Å². The molecular formula is C12H14N4O2. The number of rotatable bonds is 5. The number of nitrogen functional groups attached to an aromatic ring is 1. The normalized spacial score (nSPS) is 10.1. The van der Waals surface area contributed by atoms with Crippen molar-refractivity contribution in [3.05, 3.63) is 48.0 Å². The van der Waals surface area contributed by atoms with Gasteiger partial charge in [0, 0.05) is 13.0 Å². The zero-order valence-corrected chi connectivity index (χ0v) is 9.72. The Balaban J connectivity index is 1.87. The molecule has 0 fully saturated rings. The standard InChI is InChI=1S/C12H14N4O2/c13-16-11-5-1-4-10(15-11)12(17)14-7-6-9-3-2-8-18-9/h1-5,8H,6-7,13H2,(H,14,17)(H,15,16). The second kappa shape index (κ2) is 5.83. The summed E-state index contributed by atoms with van der Waals surface area (Å²) in [5.74, 6) is 6.28. The first-order chi connectivity index (χ1) is 8.79. The van der Waals surface area contributed by atoms with Crippen molar-refractivity contribution < 1.29 is 9.21 Å². The van der Waals surface area contributed by atoms with Crippen LogP contribution in [0.4, 0.5) is 5.82 Å². The van der Waals surface area contributed by atoms with E-state index in [1.165, 1.54) is 0 Å². The maximum atomic E-state index is 11.8. The van der Waals surface area contributed by atoms with Crippen LogP contribution in [0, 0.1) is 0 Å². The molecule has 0 saturated carbocycles. The lowest BCUT2D eigenvalue weighted by atomic mass is 10.3. The lowest BCUT2D eigenvalue weighted by Gasteiger charge is -2.05. The van der Waals surface area contributed by atoms with Gasteiger partial charge in [-0.1, -0.05) is 6.07 Å². The first kappa shape index (κ1) is 12.1. The second-order valence-corrected chi connectivity index (χ2v) is 3.64. The van der Waals surface area contributed by atoms with Crippen molar-refractivity contribution in [2.24, 2.45) is 5.84 Å². The number of furan rings is 1. The molecule has 6 heteroatoms. The van der Waals surface area contributed by atoms with E-state index in [1.54, 1.807) is 24.5 Å². The van der Waals surface area contributed by atoms with Gasteiger partial charge in [0.05, 0.1) is 6.26 Å². The van der Waals surface area contributed by atoms with Gasteiger partial charge in [-0.25, -0.2) is 10.8 Å². The molecule has 2 aromatic heterocycles. The predicted octanol–water partition coefficient (Wildman–Crippen LogP) is 0.933. The molecule has 0 spiro atoms. The van der Waals surface area contributed by atoms with Crippen LogP contribution in [0.5, 0.6) is 0 Å². The first-order valence-electron chi connectivity index (χ1n) is 5.54. The third kappa shape index (κ3) is 3.08. The van der Waals surface area contributed by atoms with Crippen molar-refractivity contribution in [2.45, 2.75) is 6.42 Å². The Morgan fingerprint density at radius 2 is 2.22 bits per heavy atom. The Morgan fingerprint density at radius 1 is 1.33 bits per heavy atom. The number of hydrogen-bond donors (Lipinski definition) is 3. The van der Waals surface area contributed by atoms with Gasteiger partial charge in [-0.3, -0.25) is 4.79 Å².